The summed E-state index contributed by atoms with van der Waals surface area (Å²) >= 11 is 0. The van der Waals surface area contributed by atoms with Crippen LogP contribution in [0.3, 0.4) is 0 Å². The van der Waals surface area contributed by atoms with Crippen molar-refractivity contribution in [2.75, 3.05) is 13.7 Å². The minimum atomic E-state index is -0.248. The third kappa shape index (κ3) is 3.15. The van der Waals surface area contributed by atoms with Gasteiger partial charge in [-0.15, -0.1) is 0 Å². The van der Waals surface area contributed by atoms with E-state index in [1.54, 1.807) is 7.05 Å². The van der Waals surface area contributed by atoms with Crippen molar-refractivity contribution >= 4 is 5.91 Å². The summed E-state index contributed by atoms with van der Waals surface area (Å²) in [5, 5.41) is 2.55. The fourth-order valence-electron chi connectivity index (χ4n) is 3.49. The molecule has 0 aromatic heterocycles. The zero-order valence-electron chi connectivity index (χ0n) is 14.2. The van der Waals surface area contributed by atoms with Crippen LogP contribution in [0.25, 0.3) is 0 Å². The van der Waals surface area contributed by atoms with E-state index in [-0.39, 0.29) is 30.3 Å². The average Bonchev–Trinajstić information content (AvgIpc) is 2.52. The highest BCUT2D eigenvalue weighted by Crippen LogP contribution is 2.51. The Morgan fingerprint density at radius 2 is 2.17 bits per heavy atom. The standard InChI is InChI=1S/C18H25NO4/c1-11-5-7-14-17(22-11)13-9-12(21-10-16(20)19-4)6-8-15(13)23-18(14,2)3/h6,8-9,11,14,17H,5,7,10H2,1-4H3,(H,19,20)/t11-,14-,17+/m0/s1. The van der Waals surface area contributed by atoms with Crippen molar-refractivity contribution in [3.63, 3.8) is 0 Å². The lowest BCUT2D eigenvalue weighted by atomic mass is 9.75. The summed E-state index contributed by atoms with van der Waals surface area (Å²) in [5.74, 6) is 1.68. The summed E-state index contributed by atoms with van der Waals surface area (Å²) in [5.41, 5.74) is 0.776. The quantitative estimate of drug-likeness (QED) is 0.931. The highest BCUT2D eigenvalue weighted by atomic mass is 16.5. The molecule has 23 heavy (non-hydrogen) atoms. The molecule has 0 aliphatic carbocycles. The molecule has 126 valence electrons. The Balaban J connectivity index is 1.88. The molecule has 0 bridgehead atoms. The second-order valence-electron chi connectivity index (χ2n) is 6.92. The Morgan fingerprint density at radius 1 is 1.39 bits per heavy atom. The summed E-state index contributed by atoms with van der Waals surface area (Å²) in [6.07, 6.45) is 2.40. The van der Waals surface area contributed by atoms with E-state index in [1.807, 2.05) is 18.2 Å². The van der Waals surface area contributed by atoms with Gasteiger partial charge in [-0.2, -0.15) is 0 Å². The van der Waals surface area contributed by atoms with Gasteiger partial charge in [0, 0.05) is 18.5 Å². The van der Waals surface area contributed by atoms with Crippen molar-refractivity contribution in [1.29, 1.82) is 0 Å². The molecule has 1 N–H and O–H groups in total. The highest BCUT2D eigenvalue weighted by Gasteiger charge is 2.46. The molecule has 1 aromatic carbocycles. The predicted molar refractivity (Wildman–Crippen MR) is 86.7 cm³/mol. The molecule has 3 atom stereocenters. The highest BCUT2D eigenvalue weighted by molar-refractivity contribution is 5.77. The van der Waals surface area contributed by atoms with E-state index in [4.69, 9.17) is 14.2 Å². The van der Waals surface area contributed by atoms with E-state index < -0.39 is 0 Å². The van der Waals surface area contributed by atoms with E-state index in [1.165, 1.54) is 0 Å². The Kier molecular flexibility index (Phi) is 4.23. The first-order valence-corrected chi connectivity index (χ1v) is 8.22. The Bertz CT molecular complexity index is 599. The molecule has 0 saturated carbocycles. The Labute approximate surface area is 137 Å². The van der Waals surface area contributed by atoms with Crippen molar-refractivity contribution < 1.29 is 19.0 Å². The van der Waals surface area contributed by atoms with Gasteiger partial charge in [0.25, 0.3) is 5.91 Å². The number of rotatable bonds is 3. The zero-order valence-corrected chi connectivity index (χ0v) is 14.2. The van der Waals surface area contributed by atoms with Crippen LogP contribution in [0.1, 0.15) is 45.3 Å². The molecule has 2 aliphatic heterocycles. The molecule has 2 heterocycles. The van der Waals surface area contributed by atoms with E-state index in [9.17, 15) is 4.79 Å². The SMILES string of the molecule is CNC(=O)COc1ccc2c(c1)[C@H]1O[C@@H](C)CC[C@@H]1C(C)(C)O2. The molecule has 1 amide bonds. The van der Waals surface area contributed by atoms with Crippen molar-refractivity contribution in [2.24, 2.45) is 5.92 Å². The van der Waals surface area contributed by atoms with Crippen molar-refractivity contribution in [3.8, 4) is 11.5 Å². The van der Waals surface area contributed by atoms with Gasteiger partial charge in [-0.1, -0.05) is 0 Å². The van der Waals surface area contributed by atoms with Crippen LogP contribution in [0.15, 0.2) is 18.2 Å². The lowest BCUT2D eigenvalue weighted by Gasteiger charge is -2.48. The minimum absolute atomic E-state index is 0.00694. The molecule has 2 aliphatic rings. The van der Waals surface area contributed by atoms with Crippen LogP contribution in [0.2, 0.25) is 0 Å². The molecule has 1 fully saturated rings. The van der Waals surface area contributed by atoms with Crippen LogP contribution >= 0.6 is 0 Å². The van der Waals surface area contributed by atoms with Gasteiger partial charge in [0.05, 0.1) is 12.2 Å². The number of nitrogens with one attached hydrogen (secondary N) is 1. The molecule has 0 radical (unpaired) electrons. The third-order valence-electron chi connectivity index (χ3n) is 4.83. The lowest BCUT2D eigenvalue weighted by molar-refractivity contribution is -0.144. The second kappa shape index (κ2) is 6.04. The van der Waals surface area contributed by atoms with Gasteiger partial charge in [-0.25, -0.2) is 0 Å². The summed E-state index contributed by atoms with van der Waals surface area (Å²) in [7, 11) is 1.59. The largest absolute Gasteiger partial charge is 0.487 e. The van der Waals surface area contributed by atoms with E-state index in [0.717, 1.165) is 24.2 Å². The molecule has 0 spiro atoms. The van der Waals surface area contributed by atoms with Gasteiger partial charge < -0.3 is 19.5 Å². The fourth-order valence-corrected chi connectivity index (χ4v) is 3.49. The van der Waals surface area contributed by atoms with Gasteiger partial charge in [-0.3, -0.25) is 4.79 Å². The zero-order chi connectivity index (χ0) is 16.6. The molecular formula is C18H25NO4. The molecular weight excluding hydrogens is 294 g/mol. The predicted octanol–water partition coefficient (Wildman–Crippen LogP) is 2.84. The van der Waals surface area contributed by atoms with Crippen LogP contribution < -0.4 is 14.8 Å². The van der Waals surface area contributed by atoms with Gasteiger partial charge in [0.1, 0.15) is 17.1 Å². The van der Waals surface area contributed by atoms with Gasteiger partial charge >= 0.3 is 0 Å². The molecule has 5 heteroatoms. The first-order valence-electron chi connectivity index (χ1n) is 8.22. The number of amides is 1. The summed E-state index contributed by atoms with van der Waals surface area (Å²) in [4.78, 5) is 11.3. The van der Waals surface area contributed by atoms with E-state index >= 15 is 0 Å². The normalized spacial score (nSPS) is 28.1. The Hall–Kier alpha value is -1.75. The maximum Gasteiger partial charge on any atom is 0.257 e. The van der Waals surface area contributed by atoms with Gasteiger partial charge in [-0.05, 0) is 51.8 Å². The number of ether oxygens (including phenoxy) is 3. The number of fused-ring (bicyclic) bond motifs is 3. The maximum atomic E-state index is 11.3. The fraction of sp³-hybridized carbons (Fsp3) is 0.611. The number of likely N-dealkylation sites (N-methyl/N-ethyl adjacent to an activating group) is 1. The molecule has 1 aromatic rings. The molecule has 1 saturated heterocycles. The number of benzene rings is 1. The van der Waals surface area contributed by atoms with Crippen LogP contribution in [0, 0.1) is 5.92 Å². The van der Waals surface area contributed by atoms with E-state index in [2.05, 4.69) is 26.1 Å². The van der Waals surface area contributed by atoms with Crippen LogP contribution in [0.4, 0.5) is 0 Å². The van der Waals surface area contributed by atoms with Crippen LogP contribution in [-0.2, 0) is 9.53 Å². The first-order chi connectivity index (χ1) is 10.9. The molecule has 5 nitrogen and oxygen atoms in total. The minimum Gasteiger partial charge on any atom is -0.487 e. The monoisotopic (exact) mass is 319 g/mol. The van der Waals surface area contributed by atoms with Gasteiger partial charge in [0.2, 0.25) is 0 Å². The van der Waals surface area contributed by atoms with Crippen molar-refractivity contribution in [3.05, 3.63) is 23.8 Å². The number of carbonyl (C=O) groups is 1. The van der Waals surface area contributed by atoms with Crippen molar-refractivity contribution in [2.45, 2.75) is 51.4 Å². The topological polar surface area (TPSA) is 56.8 Å². The number of carbonyl (C=O) groups excluding carboxylic acids is 1. The maximum absolute atomic E-state index is 11.3. The number of hydrogen-bond acceptors (Lipinski definition) is 4. The summed E-state index contributed by atoms with van der Waals surface area (Å²) in [6, 6.07) is 5.70. The summed E-state index contributed by atoms with van der Waals surface area (Å²) in [6.45, 7) is 6.38. The number of hydrogen-bond donors (Lipinski definition) is 1. The van der Waals surface area contributed by atoms with E-state index in [0.29, 0.717) is 11.7 Å². The lowest BCUT2D eigenvalue weighted by Crippen LogP contribution is -2.48. The van der Waals surface area contributed by atoms with Crippen LogP contribution in [-0.4, -0.2) is 31.3 Å². The molecule has 0 unspecified atom stereocenters. The summed E-state index contributed by atoms with van der Waals surface area (Å²) < 4.78 is 18.0. The smallest absolute Gasteiger partial charge is 0.257 e. The first kappa shape index (κ1) is 16.1. The average molecular weight is 319 g/mol. The third-order valence-corrected chi connectivity index (χ3v) is 4.83. The van der Waals surface area contributed by atoms with Crippen molar-refractivity contribution in [1.82, 2.24) is 5.32 Å². The second-order valence-corrected chi connectivity index (χ2v) is 6.92. The van der Waals surface area contributed by atoms with Crippen LogP contribution in [0.5, 0.6) is 11.5 Å². The molecule has 3 rings (SSSR count). The van der Waals surface area contributed by atoms with Gasteiger partial charge in [0.15, 0.2) is 6.61 Å². The Morgan fingerprint density at radius 3 is 2.91 bits per heavy atom.